The number of rotatable bonds is 9. The van der Waals surface area contributed by atoms with Gasteiger partial charge in [-0.25, -0.2) is 18.2 Å². The zero-order valence-corrected chi connectivity index (χ0v) is 26.6. The Balaban J connectivity index is 1.40. The maximum Gasteiger partial charge on any atom is 0.173 e. The number of alkyl halides is 1. The summed E-state index contributed by atoms with van der Waals surface area (Å²) in [5.41, 5.74) is 1.04. The molecule has 3 saturated heterocycles. The third-order valence-corrected chi connectivity index (χ3v) is 9.55. The molecule has 1 aromatic heterocycles. The number of hydrogen-bond acceptors (Lipinski definition) is 8. The second-order valence-electron chi connectivity index (χ2n) is 12.7. The fourth-order valence-corrected chi connectivity index (χ4v) is 7.49. The molecule has 3 aliphatic rings. The average molecular weight is 639 g/mol. The van der Waals surface area contributed by atoms with Gasteiger partial charge in [-0.1, -0.05) is 19.9 Å². The summed E-state index contributed by atoms with van der Waals surface area (Å²) in [5, 5.41) is 7.15. The van der Waals surface area contributed by atoms with Crippen LogP contribution in [0.2, 0.25) is 0 Å². The van der Waals surface area contributed by atoms with E-state index in [2.05, 4.69) is 32.2 Å². The standard InChI is InChI=1S/C34H41F3N6O3/c1-4-25-28(36)7-6-22-12-24(41-44)13-26(29(22)25)32-30(37)31(38-3)27(15-39-32)33(42-10-11-45-18-21(2)16-42)40-20-46-19-34-8-5-9-43(34)17-23(35)14-34/h6-7,12-13,15,21,23H,4-5,8-11,14,16-20H2,1-3H3,(H,38,39)/t21?,23?,34-/m0/s1. The first kappa shape index (κ1) is 32.3. The first-order valence-electron chi connectivity index (χ1n) is 16.1. The van der Waals surface area contributed by atoms with Crippen LogP contribution in [0, 0.1) is 22.5 Å². The molecule has 3 fully saturated rings. The van der Waals surface area contributed by atoms with Crippen LogP contribution in [-0.4, -0.2) is 92.1 Å². The SMILES string of the molecule is CCc1c(F)ccc2cc(N=O)cc(-c3ncc(C(=NCOC[C@@]45CCCN4CC(F)C5)N4CCOCC(C)C4)c(NC)c3F)c12. The number of hydrogen-bond donors (Lipinski definition) is 1. The van der Waals surface area contributed by atoms with E-state index in [4.69, 9.17) is 14.5 Å². The summed E-state index contributed by atoms with van der Waals surface area (Å²) in [5.74, 6) is -0.379. The Hall–Kier alpha value is -3.61. The van der Waals surface area contributed by atoms with Gasteiger partial charge in [0.2, 0.25) is 0 Å². The molecule has 0 spiro atoms. The van der Waals surface area contributed by atoms with Crippen LogP contribution in [0.25, 0.3) is 22.0 Å². The molecule has 0 amide bonds. The second kappa shape index (κ2) is 13.6. The molecule has 2 unspecified atom stereocenters. The minimum Gasteiger partial charge on any atom is -0.385 e. The fourth-order valence-electron chi connectivity index (χ4n) is 7.49. The van der Waals surface area contributed by atoms with Gasteiger partial charge in [-0.05, 0) is 71.4 Å². The van der Waals surface area contributed by atoms with Crippen molar-refractivity contribution in [2.75, 3.05) is 65.1 Å². The van der Waals surface area contributed by atoms with Crippen LogP contribution >= 0.6 is 0 Å². The number of nitrogens with zero attached hydrogens (tertiary/aromatic N) is 5. The van der Waals surface area contributed by atoms with Crippen molar-refractivity contribution in [2.24, 2.45) is 16.1 Å². The number of fused-ring (bicyclic) bond motifs is 2. The fraction of sp³-hybridized carbons (Fsp3) is 0.529. The van der Waals surface area contributed by atoms with E-state index in [-0.39, 0.29) is 40.8 Å². The Kier molecular flexibility index (Phi) is 9.58. The van der Waals surface area contributed by atoms with Gasteiger partial charge in [0.1, 0.15) is 35.9 Å². The van der Waals surface area contributed by atoms with Gasteiger partial charge in [-0.15, -0.1) is 4.91 Å². The third-order valence-electron chi connectivity index (χ3n) is 9.55. The van der Waals surface area contributed by atoms with Crippen LogP contribution in [0.15, 0.2) is 40.6 Å². The van der Waals surface area contributed by atoms with E-state index in [1.54, 1.807) is 25.4 Å². The van der Waals surface area contributed by atoms with Gasteiger partial charge in [-0.2, -0.15) is 0 Å². The van der Waals surface area contributed by atoms with Crippen LogP contribution in [0.1, 0.15) is 44.2 Å². The predicted molar refractivity (Wildman–Crippen MR) is 173 cm³/mol. The number of aromatic nitrogens is 1. The molecule has 3 aromatic rings. The molecule has 9 nitrogen and oxygen atoms in total. The lowest BCUT2D eigenvalue weighted by molar-refractivity contribution is 0.0384. The van der Waals surface area contributed by atoms with Crippen molar-refractivity contribution in [3.63, 3.8) is 0 Å². The number of amidine groups is 1. The highest BCUT2D eigenvalue weighted by Gasteiger charge is 2.48. The minimum absolute atomic E-state index is 0.0109. The molecule has 3 aliphatic heterocycles. The zero-order valence-electron chi connectivity index (χ0n) is 26.6. The Morgan fingerprint density at radius 2 is 2.09 bits per heavy atom. The van der Waals surface area contributed by atoms with Gasteiger partial charge in [0, 0.05) is 50.4 Å². The number of anilines is 1. The maximum absolute atomic E-state index is 16.7. The van der Waals surface area contributed by atoms with E-state index in [0.29, 0.717) is 80.0 Å². The van der Waals surface area contributed by atoms with Crippen molar-refractivity contribution < 1.29 is 22.6 Å². The number of nitrogens with one attached hydrogen (secondary N) is 1. The minimum atomic E-state index is -0.850. The smallest absolute Gasteiger partial charge is 0.173 e. The Bertz CT molecular complexity index is 1640. The van der Waals surface area contributed by atoms with Crippen molar-refractivity contribution in [3.05, 3.63) is 58.1 Å². The highest BCUT2D eigenvalue weighted by atomic mass is 19.1. The van der Waals surface area contributed by atoms with Crippen molar-refractivity contribution in [1.82, 2.24) is 14.8 Å². The van der Waals surface area contributed by atoms with E-state index < -0.39 is 17.8 Å². The highest BCUT2D eigenvalue weighted by molar-refractivity contribution is 6.05. The van der Waals surface area contributed by atoms with Crippen LogP contribution in [-0.2, 0) is 15.9 Å². The summed E-state index contributed by atoms with van der Waals surface area (Å²) in [6.45, 7) is 7.84. The number of pyridine rings is 1. The molecular weight excluding hydrogens is 597 g/mol. The number of aliphatic imine (C=N–C) groups is 1. The number of aryl methyl sites for hydroxylation is 1. The van der Waals surface area contributed by atoms with Crippen molar-refractivity contribution >= 4 is 28.0 Å². The van der Waals surface area contributed by atoms with E-state index in [1.807, 2.05) is 6.92 Å². The molecule has 1 N–H and O–H groups in total. The number of nitroso groups, excluding NO2 is 1. The van der Waals surface area contributed by atoms with Gasteiger partial charge in [0.15, 0.2) is 5.82 Å². The molecule has 0 radical (unpaired) electrons. The van der Waals surface area contributed by atoms with E-state index in [9.17, 15) is 13.7 Å². The van der Waals surface area contributed by atoms with Crippen molar-refractivity contribution in [3.8, 4) is 11.3 Å². The Morgan fingerprint density at radius 3 is 2.87 bits per heavy atom. The van der Waals surface area contributed by atoms with Gasteiger partial charge in [0.05, 0.1) is 31.1 Å². The van der Waals surface area contributed by atoms with Gasteiger partial charge in [0.25, 0.3) is 0 Å². The molecule has 2 aromatic carbocycles. The van der Waals surface area contributed by atoms with Crippen LogP contribution in [0.3, 0.4) is 0 Å². The number of ether oxygens (including phenoxy) is 2. The topological polar surface area (TPSA) is 91.6 Å². The molecule has 0 aliphatic carbocycles. The summed E-state index contributed by atoms with van der Waals surface area (Å²) in [6, 6.07) is 5.91. The Morgan fingerprint density at radius 1 is 1.24 bits per heavy atom. The normalized spacial score (nSPS) is 24.0. The zero-order chi connectivity index (χ0) is 32.4. The molecule has 4 heterocycles. The van der Waals surface area contributed by atoms with E-state index in [0.717, 1.165) is 19.4 Å². The summed E-state index contributed by atoms with van der Waals surface area (Å²) < 4.78 is 57.8. The predicted octanol–water partition coefficient (Wildman–Crippen LogP) is 6.45. The summed E-state index contributed by atoms with van der Waals surface area (Å²) in [7, 11) is 1.62. The van der Waals surface area contributed by atoms with Gasteiger partial charge >= 0.3 is 0 Å². The lowest BCUT2D eigenvalue weighted by Crippen LogP contribution is -2.42. The van der Waals surface area contributed by atoms with Crippen LogP contribution in [0.5, 0.6) is 0 Å². The molecule has 246 valence electrons. The average Bonchev–Trinajstić information content (AvgIpc) is 3.48. The lowest BCUT2D eigenvalue weighted by atomic mass is 9.94. The molecule has 6 rings (SSSR count). The van der Waals surface area contributed by atoms with Gasteiger partial charge < -0.3 is 19.7 Å². The second-order valence-corrected chi connectivity index (χ2v) is 12.7. The molecule has 0 bridgehead atoms. The summed E-state index contributed by atoms with van der Waals surface area (Å²) >= 11 is 0. The third kappa shape index (κ3) is 6.10. The van der Waals surface area contributed by atoms with Crippen LogP contribution in [0.4, 0.5) is 24.5 Å². The van der Waals surface area contributed by atoms with Crippen molar-refractivity contribution in [2.45, 2.75) is 51.2 Å². The first-order chi connectivity index (χ1) is 22.3. The molecule has 46 heavy (non-hydrogen) atoms. The number of halogens is 3. The van der Waals surface area contributed by atoms with E-state index in [1.165, 1.54) is 12.1 Å². The van der Waals surface area contributed by atoms with Crippen molar-refractivity contribution in [1.29, 1.82) is 0 Å². The molecule has 3 atom stereocenters. The lowest BCUT2D eigenvalue weighted by Gasteiger charge is -2.31. The summed E-state index contributed by atoms with van der Waals surface area (Å²) in [4.78, 5) is 25.3. The first-order valence-corrected chi connectivity index (χ1v) is 16.1. The van der Waals surface area contributed by atoms with Crippen LogP contribution < -0.4 is 5.32 Å². The quantitative estimate of drug-likeness (QED) is 0.125. The maximum atomic E-state index is 16.7. The van der Waals surface area contributed by atoms with Gasteiger partial charge in [-0.3, -0.25) is 9.88 Å². The molecule has 12 heteroatoms. The monoisotopic (exact) mass is 638 g/mol. The largest absolute Gasteiger partial charge is 0.385 e. The Labute approximate surface area is 267 Å². The number of benzene rings is 2. The highest BCUT2D eigenvalue weighted by Crippen LogP contribution is 2.41. The summed E-state index contributed by atoms with van der Waals surface area (Å²) in [6.07, 6.45) is 3.44. The molecule has 0 saturated carbocycles. The van der Waals surface area contributed by atoms with E-state index >= 15 is 4.39 Å². The molecular formula is C34H41F3N6O3.